The second kappa shape index (κ2) is 8.96. The first-order valence-electron chi connectivity index (χ1n) is 9.83. The number of nitro groups is 2. The Morgan fingerprint density at radius 3 is 2.18 bits per heavy atom. The quantitative estimate of drug-likeness (QED) is 0.374. The van der Waals surface area contributed by atoms with Gasteiger partial charge in [-0.15, -0.1) is 0 Å². The molecule has 0 spiro atoms. The number of fused-ring (bicyclic) bond motifs is 2. The minimum Gasteiger partial charge on any atom is -0.486 e. The second-order valence-electron chi connectivity index (χ2n) is 7.47. The van der Waals surface area contributed by atoms with E-state index in [-0.39, 0.29) is 12.1 Å². The van der Waals surface area contributed by atoms with Crippen molar-refractivity contribution in [1.29, 1.82) is 0 Å². The van der Waals surface area contributed by atoms with Crippen LogP contribution in [0.1, 0.15) is 10.4 Å². The van der Waals surface area contributed by atoms with Gasteiger partial charge in [0.1, 0.15) is 13.2 Å². The number of anilines is 1. The zero-order chi connectivity index (χ0) is 23.7. The number of likely N-dealkylation sites (N-methyl/N-ethyl adjacent to an activating group) is 1. The van der Waals surface area contributed by atoms with Gasteiger partial charge in [0.15, 0.2) is 16.6 Å². The van der Waals surface area contributed by atoms with E-state index < -0.39 is 27.1 Å². The van der Waals surface area contributed by atoms with E-state index in [0.717, 1.165) is 22.9 Å². The van der Waals surface area contributed by atoms with Crippen LogP contribution in [0.2, 0.25) is 0 Å². The second-order valence-corrected chi connectivity index (χ2v) is 8.48. The summed E-state index contributed by atoms with van der Waals surface area (Å²) in [6, 6.07) is 6.41. The van der Waals surface area contributed by atoms with Crippen molar-refractivity contribution >= 4 is 44.0 Å². The van der Waals surface area contributed by atoms with Crippen molar-refractivity contribution in [3.8, 4) is 11.5 Å². The van der Waals surface area contributed by atoms with Crippen LogP contribution in [0.25, 0.3) is 10.2 Å². The Labute approximate surface area is 191 Å². The first kappa shape index (κ1) is 22.4. The summed E-state index contributed by atoms with van der Waals surface area (Å²) in [7, 11) is 3.67. The van der Waals surface area contributed by atoms with E-state index in [1.54, 1.807) is 12.1 Å². The first-order chi connectivity index (χ1) is 15.7. The maximum atomic E-state index is 13.4. The van der Waals surface area contributed by atoms with Crippen molar-refractivity contribution in [2.24, 2.45) is 0 Å². The molecule has 1 aromatic heterocycles. The Balaban J connectivity index is 1.77. The van der Waals surface area contributed by atoms with Gasteiger partial charge in [0.2, 0.25) is 0 Å². The lowest BCUT2D eigenvalue weighted by atomic mass is 10.1. The average molecular weight is 473 g/mol. The molecule has 0 radical (unpaired) electrons. The highest BCUT2D eigenvalue weighted by Gasteiger charge is 2.27. The van der Waals surface area contributed by atoms with E-state index in [9.17, 15) is 25.0 Å². The van der Waals surface area contributed by atoms with Gasteiger partial charge in [0.25, 0.3) is 17.3 Å². The van der Waals surface area contributed by atoms with Gasteiger partial charge in [-0.2, -0.15) is 0 Å². The standard InChI is InChI=1S/C20H19N5O7S/c1-22(2)3-4-23(19(26)12-7-13(24(27)28)9-14(8-12)25(29)30)20-21-15-10-16-17(11-18(15)33-20)32-6-5-31-16/h7-11H,3-6H2,1-2H3. The molecule has 33 heavy (non-hydrogen) atoms. The maximum absolute atomic E-state index is 13.4. The van der Waals surface area contributed by atoms with Gasteiger partial charge in [0.05, 0.1) is 31.7 Å². The van der Waals surface area contributed by atoms with Gasteiger partial charge in [0, 0.05) is 37.4 Å². The number of ether oxygens (including phenoxy) is 2. The van der Waals surface area contributed by atoms with Crippen LogP contribution in [-0.2, 0) is 0 Å². The number of nitrogens with zero attached hydrogens (tertiary/aromatic N) is 5. The molecule has 2 heterocycles. The van der Waals surface area contributed by atoms with E-state index in [1.807, 2.05) is 19.0 Å². The minimum atomic E-state index is -0.768. The Morgan fingerprint density at radius 2 is 1.61 bits per heavy atom. The molecule has 0 bridgehead atoms. The lowest BCUT2D eigenvalue weighted by Crippen LogP contribution is -2.36. The third kappa shape index (κ3) is 4.68. The molecule has 0 saturated heterocycles. The van der Waals surface area contributed by atoms with Crippen LogP contribution in [0, 0.1) is 20.2 Å². The fraction of sp³-hybridized carbons (Fsp3) is 0.300. The number of carbonyl (C=O) groups is 1. The van der Waals surface area contributed by atoms with Gasteiger partial charge in [-0.25, -0.2) is 4.98 Å². The number of hydrogen-bond donors (Lipinski definition) is 0. The molecular formula is C20H19N5O7S. The number of benzene rings is 2. The summed E-state index contributed by atoms with van der Waals surface area (Å²) >= 11 is 1.25. The molecule has 0 aliphatic carbocycles. The third-order valence-corrected chi connectivity index (χ3v) is 5.90. The molecular weight excluding hydrogens is 454 g/mol. The van der Waals surface area contributed by atoms with Gasteiger partial charge < -0.3 is 14.4 Å². The van der Waals surface area contributed by atoms with E-state index in [0.29, 0.717) is 41.9 Å². The number of amides is 1. The summed E-state index contributed by atoms with van der Waals surface area (Å²) in [5.41, 5.74) is -0.635. The number of rotatable bonds is 7. The van der Waals surface area contributed by atoms with Gasteiger partial charge in [-0.1, -0.05) is 11.3 Å². The van der Waals surface area contributed by atoms with Gasteiger partial charge in [-0.05, 0) is 14.1 Å². The Hall–Kier alpha value is -3.84. The predicted octanol–water partition coefficient (Wildman–Crippen LogP) is 3.09. The summed E-state index contributed by atoms with van der Waals surface area (Å²) < 4.78 is 12.0. The summed E-state index contributed by atoms with van der Waals surface area (Å²) in [6.07, 6.45) is 0. The average Bonchev–Trinajstić information content (AvgIpc) is 3.19. The zero-order valence-corrected chi connectivity index (χ0v) is 18.5. The fourth-order valence-electron chi connectivity index (χ4n) is 3.24. The van der Waals surface area contributed by atoms with E-state index in [2.05, 4.69) is 4.98 Å². The maximum Gasteiger partial charge on any atom is 0.277 e. The first-order valence-corrected chi connectivity index (χ1v) is 10.7. The molecule has 0 atom stereocenters. The molecule has 0 unspecified atom stereocenters. The molecule has 0 N–H and O–H groups in total. The number of non-ortho nitro benzene ring substituents is 2. The molecule has 4 rings (SSSR count). The number of carbonyl (C=O) groups excluding carboxylic acids is 1. The van der Waals surface area contributed by atoms with Crippen LogP contribution in [0.5, 0.6) is 11.5 Å². The molecule has 172 valence electrons. The van der Waals surface area contributed by atoms with E-state index in [1.165, 1.54) is 16.2 Å². The van der Waals surface area contributed by atoms with Crippen molar-refractivity contribution in [2.75, 3.05) is 45.3 Å². The smallest absolute Gasteiger partial charge is 0.277 e. The lowest BCUT2D eigenvalue weighted by Gasteiger charge is -2.22. The summed E-state index contributed by atoms with van der Waals surface area (Å²) in [5, 5.41) is 22.9. The molecule has 12 nitrogen and oxygen atoms in total. The largest absolute Gasteiger partial charge is 0.486 e. The zero-order valence-electron chi connectivity index (χ0n) is 17.7. The molecule has 13 heteroatoms. The molecule has 1 amide bonds. The molecule has 3 aromatic rings. The van der Waals surface area contributed by atoms with Crippen molar-refractivity contribution in [1.82, 2.24) is 9.88 Å². The highest BCUT2D eigenvalue weighted by atomic mass is 32.1. The minimum absolute atomic E-state index is 0.167. The molecule has 0 saturated carbocycles. The van der Waals surface area contributed by atoms with Crippen molar-refractivity contribution in [3.05, 3.63) is 56.1 Å². The molecule has 2 aromatic carbocycles. The third-order valence-electron chi connectivity index (χ3n) is 4.86. The summed E-state index contributed by atoms with van der Waals surface area (Å²) in [4.78, 5) is 42.2. The van der Waals surface area contributed by atoms with Crippen molar-refractivity contribution < 1.29 is 24.1 Å². The molecule has 1 aliphatic rings. The highest BCUT2D eigenvalue weighted by molar-refractivity contribution is 7.22. The number of thiazole rings is 1. The van der Waals surface area contributed by atoms with Crippen LogP contribution in [0.4, 0.5) is 16.5 Å². The Bertz CT molecular complexity index is 1180. The SMILES string of the molecule is CN(C)CCN(C(=O)c1cc([N+](=O)[O-])cc([N+](=O)[O-])c1)c1nc2cc3c(cc2s1)OCCO3. The van der Waals surface area contributed by atoms with Crippen molar-refractivity contribution in [2.45, 2.75) is 0 Å². The van der Waals surface area contributed by atoms with Gasteiger partial charge >= 0.3 is 0 Å². The Morgan fingerprint density at radius 1 is 1.00 bits per heavy atom. The van der Waals surface area contributed by atoms with Crippen LogP contribution in [-0.4, -0.2) is 66.0 Å². The molecule has 1 aliphatic heterocycles. The number of hydrogen-bond acceptors (Lipinski definition) is 10. The van der Waals surface area contributed by atoms with Crippen LogP contribution < -0.4 is 14.4 Å². The highest BCUT2D eigenvalue weighted by Crippen LogP contribution is 2.39. The topological polar surface area (TPSA) is 141 Å². The normalized spacial score (nSPS) is 12.7. The summed E-state index contributed by atoms with van der Waals surface area (Å²) in [6.45, 7) is 1.55. The molecule has 0 fully saturated rings. The fourth-order valence-corrected chi connectivity index (χ4v) is 4.24. The number of aromatic nitrogens is 1. The monoisotopic (exact) mass is 473 g/mol. The van der Waals surface area contributed by atoms with Crippen LogP contribution in [0.3, 0.4) is 0 Å². The van der Waals surface area contributed by atoms with Crippen LogP contribution >= 0.6 is 11.3 Å². The van der Waals surface area contributed by atoms with E-state index >= 15 is 0 Å². The lowest BCUT2D eigenvalue weighted by molar-refractivity contribution is -0.394. The summed E-state index contributed by atoms with van der Waals surface area (Å²) in [5.74, 6) is 0.524. The van der Waals surface area contributed by atoms with Crippen molar-refractivity contribution in [3.63, 3.8) is 0 Å². The van der Waals surface area contributed by atoms with Gasteiger partial charge in [-0.3, -0.25) is 29.9 Å². The Kier molecular flexibility index (Phi) is 6.07. The number of nitro benzene ring substituents is 2. The van der Waals surface area contributed by atoms with E-state index in [4.69, 9.17) is 9.47 Å². The van der Waals surface area contributed by atoms with Crippen LogP contribution in [0.15, 0.2) is 30.3 Å². The predicted molar refractivity (Wildman–Crippen MR) is 121 cm³/mol.